The van der Waals surface area contributed by atoms with Crippen LogP contribution in [0.3, 0.4) is 0 Å². The number of carbonyl (C=O) groups excluding carboxylic acids is 3. The number of hydrogen-bond donors (Lipinski definition) is 4. The molecular weight excluding hydrogens is 472 g/mol. The molecule has 4 rings (SSSR count). The predicted molar refractivity (Wildman–Crippen MR) is 145 cm³/mol. The Kier molecular flexibility index (Phi) is 7.80. The lowest BCUT2D eigenvalue weighted by molar-refractivity contribution is -0.115. The maximum Gasteiger partial charge on any atom is 0.269 e. The molecule has 4 aromatic rings. The Bertz CT molecular complexity index is 1450. The topological polar surface area (TPSA) is 99.3 Å². The molecule has 0 radical (unpaired) electrons. The van der Waals surface area contributed by atoms with E-state index in [-0.39, 0.29) is 11.0 Å². The van der Waals surface area contributed by atoms with Crippen LogP contribution in [0.4, 0.5) is 5.69 Å². The summed E-state index contributed by atoms with van der Waals surface area (Å²) >= 11 is 5.08. The molecule has 0 atom stereocenters. The highest BCUT2D eigenvalue weighted by Crippen LogP contribution is 2.19. The zero-order valence-electron chi connectivity index (χ0n) is 19.0. The molecule has 0 unspecified atom stereocenters. The first kappa shape index (κ1) is 24.3. The lowest BCUT2D eigenvalue weighted by atomic mass is 10.0. The third kappa shape index (κ3) is 6.40. The van der Waals surface area contributed by atoms with Gasteiger partial charge in [-0.15, -0.1) is 0 Å². The van der Waals surface area contributed by atoms with Crippen molar-refractivity contribution in [3.8, 4) is 0 Å². The van der Waals surface area contributed by atoms with Gasteiger partial charge in [0.2, 0.25) is 5.91 Å². The van der Waals surface area contributed by atoms with Crippen molar-refractivity contribution in [3.63, 3.8) is 0 Å². The number of fused-ring (bicyclic) bond motifs is 1. The predicted octanol–water partition coefficient (Wildman–Crippen LogP) is 4.44. The molecule has 36 heavy (non-hydrogen) atoms. The molecule has 0 spiro atoms. The van der Waals surface area contributed by atoms with Gasteiger partial charge < -0.3 is 5.32 Å². The summed E-state index contributed by atoms with van der Waals surface area (Å²) in [5.74, 6) is -1.14. The Balaban J connectivity index is 1.25. The van der Waals surface area contributed by atoms with Gasteiger partial charge in [-0.05, 0) is 71.0 Å². The minimum Gasteiger partial charge on any atom is -0.322 e. The summed E-state index contributed by atoms with van der Waals surface area (Å²) in [6, 6.07) is 28.9. The Morgan fingerprint density at radius 3 is 2.11 bits per heavy atom. The van der Waals surface area contributed by atoms with Crippen molar-refractivity contribution in [1.82, 2.24) is 16.2 Å². The second-order valence-corrected chi connectivity index (χ2v) is 8.10. The molecule has 4 N–H and O–H groups in total. The van der Waals surface area contributed by atoms with Crippen LogP contribution in [0.5, 0.6) is 0 Å². The molecule has 0 heterocycles. The van der Waals surface area contributed by atoms with Crippen LogP contribution in [0.1, 0.15) is 26.3 Å². The number of benzene rings is 4. The average Bonchev–Trinajstić information content (AvgIpc) is 2.91. The Labute approximate surface area is 213 Å². The molecule has 8 heteroatoms. The summed E-state index contributed by atoms with van der Waals surface area (Å²) in [5, 5.41) is 7.31. The van der Waals surface area contributed by atoms with E-state index in [1.807, 2.05) is 48.5 Å². The zero-order chi connectivity index (χ0) is 25.3. The van der Waals surface area contributed by atoms with E-state index in [0.717, 1.165) is 16.3 Å². The lowest BCUT2D eigenvalue weighted by Gasteiger charge is -2.10. The van der Waals surface area contributed by atoms with Crippen LogP contribution in [0.25, 0.3) is 16.8 Å². The van der Waals surface area contributed by atoms with Gasteiger partial charge in [-0.1, -0.05) is 60.7 Å². The van der Waals surface area contributed by atoms with Gasteiger partial charge in [-0.2, -0.15) is 0 Å². The number of rotatable bonds is 5. The summed E-state index contributed by atoms with van der Waals surface area (Å²) in [4.78, 5) is 36.8. The minimum absolute atomic E-state index is 0.0531. The van der Waals surface area contributed by atoms with Crippen LogP contribution in [-0.4, -0.2) is 22.8 Å². The molecule has 0 bridgehead atoms. The minimum atomic E-state index is -0.459. The number of nitrogens with one attached hydrogen (secondary N) is 4. The van der Waals surface area contributed by atoms with Gasteiger partial charge in [0.25, 0.3) is 11.8 Å². The van der Waals surface area contributed by atoms with E-state index in [0.29, 0.717) is 16.8 Å². The second kappa shape index (κ2) is 11.5. The summed E-state index contributed by atoms with van der Waals surface area (Å²) in [7, 11) is 0. The average molecular weight is 495 g/mol. The molecule has 0 aliphatic heterocycles. The van der Waals surface area contributed by atoms with Crippen molar-refractivity contribution in [2.45, 2.75) is 0 Å². The smallest absolute Gasteiger partial charge is 0.269 e. The van der Waals surface area contributed by atoms with E-state index in [1.165, 1.54) is 6.08 Å². The molecule has 178 valence electrons. The quantitative estimate of drug-likeness (QED) is 0.187. The van der Waals surface area contributed by atoms with Crippen molar-refractivity contribution in [2.24, 2.45) is 0 Å². The molecule has 0 saturated carbocycles. The molecule has 0 fully saturated rings. The van der Waals surface area contributed by atoms with Crippen molar-refractivity contribution < 1.29 is 14.4 Å². The number of hydrazine groups is 1. The van der Waals surface area contributed by atoms with Gasteiger partial charge in [0.15, 0.2) is 5.11 Å². The van der Waals surface area contributed by atoms with Crippen LogP contribution in [0, 0.1) is 0 Å². The van der Waals surface area contributed by atoms with Crippen LogP contribution in [-0.2, 0) is 4.79 Å². The SMILES string of the molecule is O=C(C=Cc1cccc2ccccc12)NC(=S)NNC(=O)c1ccc(NC(=O)c2ccccc2)cc1. The van der Waals surface area contributed by atoms with Crippen LogP contribution in [0.2, 0.25) is 0 Å². The highest BCUT2D eigenvalue weighted by molar-refractivity contribution is 7.80. The first-order valence-electron chi connectivity index (χ1n) is 11.0. The lowest BCUT2D eigenvalue weighted by Crippen LogP contribution is -2.48. The molecule has 0 saturated heterocycles. The molecule has 7 nitrogen and oxygen atoms in total. The third-order valence-corrected chi connectivity index (χ3v) is 5.41. The summed E-state index contributed by atoms with van der Waals surface area (Å²) in [6.45, 7) is 0. The van der Waals surface area contributed by atoms with Crippen molar-refractivity contribution in [2.75, 3.05) is 5.32 Å². The van der Waals surface area contributed by atoms with E-state index < -0.39 is 11.8 Å². The standard InChI is InChI=1S/C28H22N4O3S/c33-25(18-15-20-11-6-10-19-7-4-5-12-24(19)20)30-28(36)32-31-27(35)22-13-16-23(17-14-22)29-26(34)21-8-2-1-3-9-21/h1-18H,(H,29,34)(H,31,35)(H2,30,32,33,36). The number of amides is 3. The van der Waals surface area contributed by atoms with Gasteiger partial charge in [-0.3, -0.25) is 30.6 Å². The maximum atomic E-state index is 12.4. The number of anilines is 1. The van der Waals surface area contributed by atoms with E-state index in [2.05, 4.69) is 21.5 Å². The second-order valence-electron chi connectivity index (χ2n) is 7.70. The largest absolute Gasteiger partial charge is 0.322 e. The fourth-order valence-electron chi connectivity index (χ4n) is 3.43. The van der Waals surface area contributed by atoms with Gasteiger partial charge >= 0.3 is 0 Å². The molecule has 0 aliphatic carbocycles. The Morgan fingerprint density at radius 2 is 1.33 bits per heavy atom. The highest BCUT2D eigenvalue weighted by atomic mass is 32.1. The van der Waals surface area contributed by atoms with Crippen molar-refractivity contribution in [3.05, 3.63) is 120 Å². The van der Waals surface area contributed by atoms with Crippen LogP contribution >= 0.6 is 12.2 Å². The van der Waals surface area contributed by atoms with Gasteiger partial charge in [0, 0.05) is 22.9 Å². The normalized spacial score (nSPS) is 10.6. The fourth-order valence-corrected chi connectivity index (χ4v) is 3.58. The summed E-state index contributed by atoms with van der Waals surface area (Å²) < 4.78 is 0. The number of thiocarbonyl (C=S) groups is 1. The first-order chi connectivity index (χ1) is 17.5. The molecule has 4 aromatic carbocycles. The summed E-state index contributed by atoms with van der Waals surface area (Å²) in [5.41, 5.74) is 7.26. The molecule has 0 aromatic heterocycles. The van der Waals surface area contributed by atoms with Crippen molar-refractivity contribution >= 4 is 57.6 Å². The zero-order valence-corrected chi connectivity index (χ0v) is 19.8. The van der Waals surface area contributed by atoms with Gasteiger partial charge in [0.1, 0.15) is 0 Å². The van der Waals surface area contributed by atoms with Crippen LogP contribution in [0.15, 0.2) is 103 Å². The van der Waals surface area contributed by atoms with E-state index in [1.54, 1.807) is 54.6 Å². The first-order valence-corrected chi connectivity index (χ1v) is 11.4. The van der Waals surface area contributed by atoms with Gasteiger partial charge in [-0.25, -0.2) is 0 Å². The van der Waals surface area contributed by atoms with Gasteiger partial charge in [0.05, 0.1) is 0 Å². The van der Waals surface area contributed by atoms with Crippen molar-refractivity contribution in [1.29, 1.82) is 0 Å². The van der Waals surface area contributed by atoms with E-state index in [4.69, 9.17) is 12.2 Å². The Hall–Kier alpha value is -4.82. The highest BCUT2D eigenvalue weighted by Gasteiger charge is 2.09. The molecule has 3 amide bonds. The third-order valence-electron chi connectivity index (χ3n) is 5.20. The Morgan fingerprint density at radius 1 is 0.667 bits per heavy atom. The monoisotopic (exact) mass is 494 g/mol. The fraction of sp³-hybridized carbons (Fsp3) is 0. The van der Waals surface area contributed by atoms with Crippen LogP contribution < -0.4 is 21.5 Å². The van der Waals surface area contributed by atoms with E-state index in [9.17, 15) is 14.4 Å². The molecular formula is C28H22N4O3S. The maximum absolute atomic E-state index is 12.4. The number of hydrogen-bond acceptors (Lipinski definition) is 4. The van der Waals surface area contributed by atoms with E-state index >= 15 is 0 Å². The summed E-state index contributed by atoms with van der Waals surface area (Å²) in [6.07, 6.45) is 3.08. The number of carbonyl (C=O) groups is 3. The molecule has 0 aliphatic rings.